The maximum atomic E-state index is 12.8. The molecule has 1 saturated heterocycles. The quantitative estimate of drug-likeness (QED) is 0.842. The number of fused-ring (bicyclic) bond motifs is 1. The summed E-state index contributed by atoms with van der Waals surface area (Å²) in [5.41, 5.74) is 1.19. The van der Waals surface area contributed by atoms with Gasteiger partial charge in [0.05, 0.1) is 7.11 Å². The second-order valence-electron chi connectivity index (χ2n) is 7.68. The zero-order valence-electron chi connectivity index (χ0n) is 17.0. The SMILES string of the molecule is COc1ccccc1CN1CCC(NC(=O)C2Oc3ccccc3OC2C)CC1. The lowest BCUT2D eigenvalue weighted by Gasteiger charge is -2.35. The van der Waals surface area contributed by atoms with E-state index in [1.807, 2.05) is 49.4 Å². The minimum absolute atomic E-state index is 0.102. The van der Waals surface area contributed by atoms with Crippen molar-refractivity contribution in [3.05, 3.63) is 54.1 Å². The molecule has 6 heteroatoms. The number of nitrogens with zero attached hydrogens (tertiary/aromatic N) is 1. The van der Waals surface area contributed by atoms with Crippen LogP contribution in [-0.4, -0.2) is 49.3 Å². The molecule has 29 heavy (non-hydrogen) atoms. The summed E-state index contributed by atoms with van der Waals surface area (Å²) in [5.74, 6) is 2.13. The first-order valence-corrected chi connectivity index (χ1v) is 10.2. The van der Waals surface area contributed by atoms with Crippen LogP contribution in [0.4, 0.5) is 0 Å². The van der Waals surface area contributed by atoms with Crippen molar-refractivity contribution in [1.29, 1.82) is 0 Å². The molecule has 0 saturated carbocycles. The number of likely N-dealkylation sites (tertiary alicyclic amines) is 1. The molecule has 6 nitrogen and oxygen atoms in total. The summed E-state index contributed by atoms with van der Waals surface area (Å²) < 4.78 is 17.2. The molecule has 2 unspecified atom stereocenters. The minimum atomic E-state index is -0.628. The molecule has 2 aromatic rings. The highest BCUT2D eigenvalue weighted by Crippen LogP contribution is 2.33. The fraction of sp³-hybridized carbons (Fsp3) is 0.435. The van der Waals surface area contributed by atoms with E-state index < -0.39 is 6.10 Å². The fourth-order valence-electron chi connectivity index (χ4n) is 4.00. The number of benzene rings is 2. The van der Waals surface area contributed by atoms with Crippen LogP contribution in [0.3, 0.4) is 0 Å². The van der Waals surface area contributed by atoms with Crippen LogP contribution in [0.2, 0.25) is 0 Å². The van der Waals surface area contributed by atoms with E-state index in [9.17, 15) is 4.79 Å². The molecular weight excluding hydrogens is 368 g/mol. The third-order valence-electron chi connectivity index (χ3n) is 5.62. The number of rotatable bonds is 5. The van der Waals surface area contributed by atoms with Crippen molar-refractivity contribution in [3.63, 3.8) is 0 Å². The van der Waals surface area contributed by atoms with Gasteiger partial charge in [-0.1, -0.05) is 30.3 Å². The van der Waals surface area contributed by atoms with E-state index in [-0.39, 0.29) is 18.1 Å². The van der Waals surface area contributed by atoms with Gasteiger partial charge in [0.15, 0.2) is 11.5 Å². The highest BCUT2D eigenvalue weighted by Gasteiger charge is 2.35. The lowest BCUT2D eigenvalue weighted by atomic mass is 10.0. The third kappa shape index (κ3) is 4.48. The number of methoxy groups -OCH3 is 1. The number of hydrogen-bond acceptors (Lipinski definition) is 5. The summed E-state index contributed by atoms with van der Waals surface area (Å²) in [4.78, 5) is 15.2. The number of carbonyl (C=O) groups excluding carboxylic acids is 1. The Morgan fingerprint density at radius 2 is 1.72 bits per heavy atom. The summed E-state index contributed by atoms with van der Waals surface area (Å²) in [6.07, 6.45) is 0.880. The standard InChI is InChI=1S/C23H28N2O4/c1-16-22(29-21-10-6-5-9-20(21)28-16)23(26)24-18-11-13-25(14-12-18)15-17-7-3-4-8-19(17)27-2/h3-10,16,18,22H,11-15H2,1-2H3,(H,24,26). The van der Waals surface area contributed by atoms with Crippen molar-refractivity contribution < 1.29 is 19.0 Å². The molecule has 2 aromatic carbocycles. The molecular formula is C23H28N2O4. The van der Waals surface area contributed by atoms with E-state index in [0.717, 1.165) is 38.2 Å². The molecule has 1 fully saturated rings. The van der Waals surface area contributed by atoms with Gasteiger partial charge in [0.1, 0.15) is 11.9 Å². The Kier molecular flexibility index (Phi) is 5.90. The molecule has 0 aliphatic carbocycles. The lowest BCUT2D eigenvalue weighted by molar-refractivity contribution is -0.134. The smallest absolute Gasteiger partial charge is 0.265 e. The van der Waals surface area contributed by atoms with E-state index >= 15 is 0 Å². The summed E-state index contributed by atoms with van der Waals surface area (Å²) >= 11 is 0. The van der Waals surface area contributed by atoms with Crippen molar-refractivity contribution in [2.24, 2.45) is 0 Å². The number of carbonyl (C=O) groups is 1. The van der Waals surface area contributed by atoms with Gasteiger partial charge in [-0.3, -0.25) is 9.69 Å². The van der Waals surface area contributed by atoms with Gasteiger partial charge in [0.2, 0.25) is 6.10 Å². The lowest BCUT2D eigenvalue weighted by Crippen LogP contribution is -2.53. The monoisotopic (exact) mass is 396 g/mol. The van der Waals surface area contributed by atoms with Gasteiger partial charge in [-0.25, -0.2) is 0 Å². The Labute approximate surface area is 171 Å². The van der Waals surface area contributed by atoms with Crippen LogP contribution in [0, 0.1) is 0 Å². The zero-order chi connectivity index (χ0) is 20.2. The molecule has 0 aromatic heterocycles. The average Bonchev–Trinajstić information content (AvgIpc) is 2.75. The fourth-order valence-corrected chi connectivity index (χ4v) is 4.00. The zero-order valence-corrected chi connectivity index (χ0v) is 17.0. The predicted octanol–water partition coefficient (Wildman–Crippen LogP) is 3.00. The molecule has 4 rings (SSSR count). The minimum Gasteiger partial charge on any atom is -0.496 e. The van der Waals surface area contributed by atoms with Crippen molar-refractivity contribution in [1.82, 2.24) is 10.2 Å². The first-order valence-electron chi connectivity index (χ1n) is 10.2. The number of ether oxygens (including phenoxy) is 3. The van der Waals surface area contributed by atoms with Crippen LogP contribution in [0.15, 0.2) is 48.5 Å². The molecule has 0 radical (unpaired) electrons. The van der Waals surface area contributed by atoms with E-state index in [1.165, 1.54) is 5.56 Å². The van der Waals surface area contributed by atoms with Crippen LogP contribution in [0.5, 0.6) is 17.2 Å². The summed E-state index contributed by atoms with van der Waals surface area (Å²) in [7, 11) is 1.71. The third-order valence-corrected chi connectivity index (χ3v) is 5.62. The second-order valence-corrected chi connectivity index (χ2v) is 7.68. The van der Waals surface area contributed by atoms with Gasteiger partial charge in [0, 0.05) is 31.2 Å². The van der Waals surface area contributed by atoms with Gasteiger partial charge >= 0.3 is 0 Å². The first kappa shape index (κ1) is 19.6. The Balaban J connectivity index is 1.29. The van der Waals surface area contributed by atoms with Crippen molar-refractivity contribution in [3.8, 4) is 17.2 Å². The van der Waals surface area contributed by atoms with Crippen LogP contribution in [0.1, 0.15) is 25.3 Å². The van der Waals surface area contributed by atoms with E-state index in [2.05, 4.69) is 16.3 Å². The average molecular weight is 396 g/mol. The number of hydrogen-bond donors (Lipinski definition) is 1. The van der Waals surface area contributed by atoms with Crippen LogP contribution < -0.4 is 19.5 Å². The van der Waals surface area contributed by atoms with Gasteiger partial charge in [-0.15, -0.1) is 0 Å². The molecule has 0 spiro atoms. The van der Waals surface area contributed by atoms with Gasteiger partial charge in [-0.05, 0) is 38.0 Å². The number of piperidine rings is 1. The highest BCUT2D eigenvalue weighted by atomic mass is 16.6. The molecule has 0 bridgehead atoms. The first-order chi connectivity index (χ1) is 14.1. The Morgan fingerprint density at radius 3 is 2.45 bits per heavy atom. The summed E-state index contributed by atoms with van der Waals surface area (Å²) in [6.45, 7) is 4.60. The summed E-state index contributed by atoms with van der Waals surface area (Å²) in [5, 5.41) is 3.16. The second kappa shape index (κ2) is 8.74. The molecule has 2 aliphatic heterocycles. The Bertz CT molecular complexity index is 848. The van der Waals surface area contributed by atoms with Gasteiger partial charge in [-0.2, -0.15) is 0 Å². The molecule has 2 heterocycles. The summed E-state index contributed by atoms with van der Waals surface area (Å²) in [6, 6.07) is 15.7. The molecule has 1 N–H and O–H groups in total. The topological polar surface area (TPSA) is 60.0 Å². The Hall–Kier alpha value is -2.73. The van der Waals surface area contributed by atoms with E-state index in [0.29, 0.717) is 11.5 Å². The molecule has 2 aliphatic rings. The maximum absolute atomic E-state index is 12.8. The van der Waals surface area contributed by atoms with Crippen molar-refractivity contribution in [2.75, 3.05) is 20.2 Å². The Morgan fingerprint density at radius 1 is 1.07 bits per heavy atom. The normalized spacial score (nSPS) is 22.1. The predicted molar refractivity (Wildman–Crippen MR) is 110 cm³/mol. The number of para-hydroxylation sites is 3. The number of amides is 1. The van der Waals surface area contributed by atoms with Crippen LogP contribution in [0.25, 0.3) is 0 Å². The largest absolute Gasteiger partial charge is 0.496 e. The maximum Gasteiger partial charge on any atom is 0.265 e. The van der Waals surface area contributed by atoms with Gasteiger partial charge < -0.3 is 19.5 Å². The van der Waals surface area contributed by atoms with Crippen molar-refractivity contribution >= 4 is 5.91 Å². The van der Waals surface area contributed by atoms with Crippen LogP contribution >= 0.6 is 0 Å². The van der Waals surface area contributed by atoms with E-state index in [4.69, 9.17) is 14.2 Å². The van der Waals surface area contributed by atoms with Crippen molar-refractivity contribution in [2.45, 2.75) is 44.6 Å². The molecule has 2 atom stereocenters. The van der Waals surface area contributed by atoms with E-state index in [1.54, 1.807) is 7.11 Å². The molecule has 1 amide bonds. The molecule has 154 valence electrons. The highest BCUT2D eigenvalue weighted by molar-refractivity contribution is 5.82. The van der Waals surface area contributed by atoms with Gasteiger partial charge in [0.25, 0.3) is 5.91 Å². The number of nitrogens with one attached hydrogen (secondary N) is 1. The van der Waals surface area contributed by atoms with Crippen LogP contribution in [-0.2, 0) is 11.3 Å².